The van der Waals surface area contributed by atoms with E-state index in [0.29, 0.717) is 24.0 Å². The van der Waals surface area contributed by atoms with Gasteiger partial charge in [0.05, 0.1) is 25.8 Å². The van der Waals surface area contributed by atoms with E-state index >= 15 is 0 Å². The highest BCUT2D eigenvalue weighted by atomic mass is 19.1. The second-order valence-electron chi connectivity index (χ2n) is 6.96. The first-order valence-electron chi connectivity index (χ1n) is 9.49. The molecule has 0 heterocycles. The maximum absolute atomic E-state index is 13.6. The first kappa shape index (κ1) is 22.2. The summed E-state index contributed by atoms with van der Waals surface area (Å²) in [5.41, 5.74) is 0.727. The molecular formula is C22H27FN2O4. The van der Waals surface area contributed by atoms with Gasteiger partial charge in [0.25, 0.3) is 5.91 Å². The summed E-state index contributed by atoms with van der Waals surface area (Å²) in [4.78, 5) is 23.9. The number of ether oxygens (including phenoxy) is 2. The first-order valence-corrected chi connectivity index (χ1v) is 9.49. The number of amides is 2. The van der Waals surface area contributed by atoms with Gasteiger partial charge in [0.15, 0.2) is 11.5 Å². The highest BCUT2D eigenvalue weighted by Gasteiger charge is 2.12. The standard InChI is InChI=1S/C22H27FN2O4/c1-15(2)10-11-29-19-9-8-16(12-20(19)28-3)13-24-21(26)14-25-22(27)17-6-4-5-7-18(17)23/h4-9,12,15H,10-11,13-14H2,1-3H3,(H,24,26)(H,25,27). The van der Waals surface area contributed by atoms with Crippen molar-refractivity contribution in [1.82, 2.24) is 10.6 Å². The molecule has 0 radical (unpaired) electrons. The zero-order valence-corrected chi connectivity index (χ0v) is 17.0. The number of hydrogen-bond donors (Lipinski definition) is 2. The van der Waals surface area contributed by atoms with E-state index in [1.54, 1.807) is 25.3 Å². The van der Waals surface area contributed by atoms with Crippen molar-refractivity contribution >= 4 is 11.8 Å². The molecule has 2 amide bonds. The average Bonchev–Trinajstić information content (AvgIpc) is 2.71. The van der Waals surface area contributed by atoms with Gasteiger partial charge < -0.3 is 20.1 Å². The fourth-order valence-corrected chi connectivity index (χ4v) is 2.51. The molecule has 0 aliphatic rings. The van der Waals surface area contributed by atoms with Crippen molar-refractivity contribution in [2.75, 3.05) is 20.3 Å². The maximum Gasteiger partial charge on any atom is 0.254 e. The van der Waals surface area contributed by atoms with Crippen LogP contribution >= 0.6 is 0 Å². The van der Waals surface area contributed by atoms with Gasteiger partial charge in [0.1, 0.15) is 5.82 Å². The van der Waals surface area contributed by atoms with Crippen LogP contribution in [0.2, 0.25) is 0 Å². The summed E-state index contributed by atoms with van der Waals surface area (Å²) in [7, 11) is 1.56. The van der Waals surface area contributed by atoms with Crippen LogP contribution in [0.25, 0.3) is 0 Å². The van der Waals surface area contributed by atoms with Gasteiger partial charge in [-0.05, 0) is 42.2 Å². The molecule has 0 atom stereocenters. The second-order valence-corrected chi connectivity index (χ2v) is 6.96. The van der Waals surface area contributed by atoms with Crippen LogP contribution in [0.5, 0.6) is 11.5 Å². The molecule has 6 nitrogen and oxygen atoms in total. The van der Waals surface area contributed by atoms with E-state index in [9.17, 15) is 14.0 Å². The lowest BCUT2D eigenvalue weighted by molar-refractivity contribution is -0.120. The Morgan fingerprint density at radius 1 is 1.07 bits per heavy atom. The monoisotopic (exact) mass is 402 g/mol. The molecule has 0 aromatic heterocycles. The highest BCUT2D eigenvalue weighted by molar-refractivity contribution is 5.96. The fraction of sp³-hybridized carbons (Fsp3) is 0.364. The van der Waals surface area contributed by atoms with Gasteiger partial charge in [-0.2, -0.15) is 0 Å². The molecule has 0 aliphatic carbocycles. The fourth-order valence-electron chi connectivity index (χ4n) is 2.51. The molecule has 2 rings (SSSR count). The minimum Gasteiger partial charge on any atom is -0.493 e. The van der Waals surface area contributed by atoms with Crippen molar-refractivity contribution in [3.63, 3.8) is 0 Å². The van der Waals surface area contributed by atoms with Gasteiger partial charge in [-0.25, -0.2) is 4.39 Å². The lowest BCUT2D eigenvalue weighted by Crippen LogP contribution is -2.36. The molecule has 0 unspecified atom stereocenters. The predicted octanol–water partition coefficient (Wildman–Crippen LogP) is 3.31. The Bertz CT molecular complexity index is 839. The highest BCUT2D eigenvalue weighted by Crippen LogP contribution is 2.28. The van der Waals surface area contributed by atoms with Crippen LogP contribution < -0.4 is 20.1 Å². The molecule has 2 N–H and O–H groups in total. The third kappa shape index (κ3) is 7.10. The Morgan fingerprint density at radius 3 is 2.52 bits per heavy atom. The van der Waals surface area contributed by atoms with Crippen molar-refractivity contribution < 1.29 is 23.5 Å². The van der Waals surface area contributed by atoms with Crippen LogP contribution in [-0.2, 0) is 11.3 Å². The van der Waals surface area contributed by atoms with E-state index < -0.39 is 11.7 Å². The molecule has 0 aliphatic heterocycles. The molecule has 0 saturated heterocycles. The van der Waals surface area contributed by atoms with Crippen molar-refractivity contribution in [2.45, 2.75) is 26.8 Å². The number of nitrogens with one attached hydrogen (secondary N) is 2. The van der Waals surface area contributed by atoms with Gasteiger partial charge in [0, 0.05) is 6.54 Å². The Hall–Kier alpha value is -3.09. The predicted molar refractivity (Wildman–Crippen MR) is 109 cm³/mol. The minimum atomic E-state index is -0.636. The summed E-state index contributed by atoms with van der Waals surface area (Å²) in [6.07, 6.45) is 0.944. The number of carbonyl (C=O) groups excluding carboxylic acids is 2. The van der Waals surface area contributed by atoms with E-state index in [-0.39, 0.29) is 24.6 Å². The summed E-state index contributed by atoms with van der Waals surface area (Å²) in [6.45, 7) is 4.87. The largest absolute Gasteiger partial charge is 0.493 e. The molecule has 0 bridgehead atoms. The number of methoxy groups -OCH3 is 1. The Labute approximate surface area is 170 Å². The molecule has 0 saturated carbocycles. The number of benzene rings is 2. The van der Waals surface area contributed by atoms with Crippen LogP contribution in [0.15, 0.2) is 42.5 Å². The molecule has 156 valence electrons. The van der Waals surface area contributed by atoms with Crippen molar-refractivity contribution in [3.8, 4) is 11.5 Å². The topological polar surface area (TPSA) is 76.7 Å². The summed E-state index contributed by atoms with van der Waals surface area (Å²) < 4.78 is 24.7. The SMILES string of the molecule is COc1cc(CNC(=O)CNC(=O)c2ccccc2F)ccc1OCCC(C)C. The van der Waals surface area contributed by atoms with Crippen molar-refractivity contribution in [2.24, 2.45) is 5.92 Å². The summed E-state index contributed by atoms with van der Waals surface area (Å²) in [5.74, 6) is 0.144. The zero-order chi connectivity index (χ0) is 21.2. The van der Waals surface area contributed by atoms with E-state index in [4.69, 9.17) is 9.47 Å². The lowest BCUT2D eigenvalue weighted by Gasteiger charge is -2.13. The minimum absolute atomic E-state index is 0.0990. The average molecular weight is 402 g/mol. The molecular weight excluding hydrogens is 375 g/mol. The Balaban J connectivity index is 1.83. The molecule has 2 aromatic carbocycles. The Morgan fingerprint density at radius 2 is 1.83 bits per heavy atom. The summed E-state index contributed by atoms with van der Waals surface area (Å²) in [6, 6.07) is 11.0. The van der Waals surface area contributed by atoms with Gasteiger partial charge in [0.2, 0.25) is 5.91 Å². The number of rotatable bonds is 10. The van der Waals surface area contributed by atoms with Crippen LogP contribution in [0.3, 0.4) is 0 Å². The molecule has 2 aromatic rings. The molecule has 0 spiro atoms. The second kappa shape index (κ2) is 11.0. The quantitative estimate of drug-likeness (QED) is 0.639. The summed E-state index contributed by atoms with van der Waals surface area (Å²) in [5, 5.41) is 5.11. The van der Waals surface area contributed by atoms with Crippen LogP contribution in [0.1, 0.15) is 36.2 Å². The van der Waals surface area contributed by atoms with Crippen LogP contribution in [0.4, 0.5) is 4.39 Å². The summed E-state index contributed by atoms with van der Waals surface area (Å²) >= 11 is 0. The van der Waals surface area contributed by atoms with E-state index in [1.807, 2.05) is 6.07 Å². The molecule has 29 heavy (non-hydrogen) atoms. The Kier molecular flexibility index (Phi) is 8.45. The lowest BCUT2D eigenvalue weighted by atomic mass is 10.1. The number of carbonyl (C=O) groups is 2. The first-order chi connectivity index (χ1) is 13.9. The van der Waals surface area contributed by atoms with Gasteiger partial charge in [-0.1, -0.05) is 32.0 Å². The van der Waals surface area contributed by atoms with Crippen molar-refractivity contribution in [3.05, 3.63) is 59.4 Å². The van der Waals surface area contributed by atoms with E-state index in [2.05, 4.69) is 24.5 Å². The van der Waals surface area contributed by atoms with Gasteiger partial charge >= 0.3 is 0 Å². The van der Waals surface area contributed by atoms with Crippen LogP contribution in [0, 0.1) is 11.7 Å². The zero-order valence-electron chi connectivity index (χ0n) is 17.0. The smallest absolute Gasteiger partial charge is 0.254 e. The normalized spacial score (nSPS) is 10.5. The molecule has 7 heteroatoms. The van der Waals surface area contributed by atoms with Crippen LogP contribution in [-0.4, -0.2) is 32.1 Å². The van der Waals surface area contributed by atoms with Gasteiger partial charge in [-0.3, -0.25) is 9.59 Å². The molecule has 0 fully saturated rings. The van der Waals surface area contributed by atoms with Crippen molar-refractivity contribution in [1.29, 1.82) is 0 Å². The number of hydrogen-bond acceptors (Lipinski definition) is 4. The van der Waals surface area contributed by atoms with Gasteiger partial charge in [-0.15, -0.1) is 0 Å². The number of halogens is 1. The maximum atomic E-state index is 13.6. The van der Waals surface area contributed by atoms with E-state index in [0.717, 1.165) is 12.0 Å². The van der Waals surface area contributed by atoms with E-state index in [1.165, 1.54) is 18.2 Å². The third-order valence-corrected chi connectivity index (χ3v) is 4.20. The third-order valence-electron chi connectivity index (χ3n) is 4.20.